The summed E-state index contributed by atoms with van der Waals surface area (Å²) < 4.78 is 0. The smallest absolute Gasteiger partial charge is 0.355 e. The Hall–Kier alpha value is -2.21. The number of thiazole rings is 1. The average molecular weight is 330 g/mol. The van der Waals surface area contributed by atoms with Crippen molar-refractivity contribution in [2.45, 2.75) is 31.6 Å². The maximum absolute atomic E-state index is 12.4. The zero-order valence-electron chi connectivity index (χ0n) is 12.6. The Morgan fingerprint density at radius 1 is 1.35 bits per heavy atom. The summed E-state index contributed by atoms with van der Waals surface area (Å²) in [5.41, 5.74) is 2.47. The van der Waals surface area contributed by atoms with Crippen LogP contribution in [0, 0.1) is 0 Å². The number of aromatic carboxylic acids is 1. The number of rotatable bonds is 5. The third-order valence-corrected chi connectivity index (χ3v) is 5.00. The summed E-state index contributed by atoms with van der Waals surface area (Å²) in [4.78, 5) is 27.3. The lowest BCUT2D eigenvalue weighted by Crippen LogP contribution is -2.32. The molecular weight excluding hydrogens is 312 g/mol. The first-order valence-corrected chi connectivity index (χ1v) is 8.56. The number of fused-ring (bicyclic) bond motifs is 1. The largest absolute Gasteiger partial charge is 0.476 e. The summed E-state index contributed by atoms with van der Waals surface area (Å²) in [6.07, 6.45) is 3.50. The Morgan fingerprint density at radius 3 is 2.96 bits per heavy atom. The number of carbonyl (C=O) groups excluding carboxylic acids is 1. The number of carboxylic acid groups (broad SMARTS) is 1. The van der Waals surface area contributed by atoms with E-state index >= 15 is 0 Å². The Bertz CT molecular complexity index is 726. The van der Waals surface area contributed by atoms with Crippen molar-refractivity contribution in [1.82, 2.24) is 10.3 Å². The number of aryl methyl sites for hydroxylation is 1. The second-order valence-electron chi connectivity index (χ2n) is 5.62. The van der Waals surface area contributed by atoms with Crippen LogP contribution in [0.5, 0.6) is 0 Å². The van der Waals surface area contributed by atoms with Crippen molar-refractivity contribution in [3.63, 3.8) is 0 Å². The third kappa shape index (κ3) is 3.59. The molecule has 23 heavy (non-hydrogen) atoms. The Kier molecular flexibility index (Phi) is 4.71. The summed E-state index contributed by atoms with van der Waals surface area (Å²) in [7, 11) is 0. The lowest BCUT2D eigenvalue weighted by Gasteiger charge is -2.24. The van der Waals surface area contributed by atoms with Crippen molar-refractivity contribution in [1.29, 1.82) is 0 Å². The molecule has 1 aromatic heterocycles. The maximum Gasteiger partial charge on any atom is 0.355 e. The van der Waals surface area contributed by atoms with Gasteiger partial charge in [-0.3, -0.25) is 4.79 Å². The standard InChI is InChI=1S/C17H18N2O3S/c20-16(13-7-3-5-11-4-1-2-6-12(11)13)18-9-8-15-19-14(10-23-15)17(21)22/h1-2,4,6,10,13H,3,5,7-9H2,(H,18,20)(H,21,22)/t13-/m1/s1. The minimum Gasteiger partial charge on any atom is -0.476 e. The first-order chi connectivity index (χ1) is 11.1. The molecule has 5 nitrogen and oxygen atoms in total. The number of hydrogen-bond donors (Lipinski definition) is 2. The minimum absolute atomic E-state index is 0.0483. The molecule has 0 aliphatic heterocycles. The number of nitrogens with one attached hydrogen (secondary N) is 1. The van der Waals surface area contributed by atoms with Crippen molar-refractivity contribution in [3.05, 3.63) is 51.5 Å². The molecule has 0 saturated carbocycles. The monoisotopic (exact) mass is 330 g/mol. The molecule has 0 saturated heterocycles. The number of nitrogens with zero attached hydrogens (tertiary/aromatic N) is 1. The van der Waals surface area contributed by atoms with Crippen molar-refractivity contribution in [2.24, 2.45) is 0 Å². The molecule has 3 rings (SSSR count). The molecule has 2 N–H and O–H groups in total. The molecule has 2 aromatic rings. The van der Waals surface area contributed by atoms with Gasteiger partial charge in [-0.1, -0.05) is 24.3 Å². The van der Waals surface area contributed by atoms with Gasteiger partial charge in [0.1, 0.15) is 0 Å². The lowest BCUT2D eigenvalue weighted by molar-refractivity contribution is -0.122. The van der Waals surface area contributed by atoms with Gasteiger partial charge in [-0.05, 0) is 30.4 Å². The van der Waals surface area contributed by atoms with Gasteiger partial charge in [-0.15, -0.1) is 11.3 Å². The molecule has 0 bridgehead atoms. The number of carboxylic acids is 1. The second kappa shape index (κ2) is 6.91. The molecule has 1 amide bonds. The number of carbonyl (C=O) groups is 2. The van der Waals surface area contributed by atoms with E-state index in [4.69, 9.17) is 5.11 Å². The van der Waals surface area contributed by atoms with Crippen LogP contribution in [-0.4, -0.2) is 28.5 Å². The predicted molar refractivity (Wildman–Crippen MR) is 87.9 cm³/mol. The van der Waals surface area contributed by atoms with Crippen molar-refractivity contribution < 1.29 is 14.7 Å². The van der Waals surface area contributed by atoms with Gasteiger partial charge in [-0.2, -0.15) is 0 Å². The maximum atomic E-state index is 12.4. The zero-order chi connectivity index (χ0) is 16.2. The van der Waals surface area contributed by atoms with Gasteiger partial charge in [0.05, 0.1) is 10.9 Å². The first kappa shape index (κ1) is 15.7. The molecule has 120 valence electrons. The molecular formula is C17H18N2O3S. The Morgan fingerprint density at radius 2 is 2.17 bits per heavy atom. The summed E-state index contributed by atoms with van der Waals surface area (Å²) in [6.45, 7) is 0.476. The van der Waals surface area contributed by atoms with Gasteiger partial charge in [0.15, 0.2) is 5.69 Å². The van der Waals surface area contributed by atoms with E-state index < -0.39 is 5.97 Å². The van der Waals surface area contributed by atoms with Crippen LogP contribution in [0.15, 0.2) is 29.6 Å². The van der Waals surface area contributed by atoms with E-state index in [0.29, 0.717) is 13.0 Å². The van der Waals surface area contributed by atoms with E-state index in [-0.39, 0.29) is 17.5 Å². The zero-order valence-corrected chi connectivity index (χ0v) is 13.4. The highest BCUT2D eigenvalue weighted by Gasteiger charge is 2.25. The van der Waals surface area contributed by atoms with Crippen molar-refractivity contribution in [3.8, 4) is 0 Å². The lowest BCUT2D eigenvalue weighted by atomic mass is 9.82. The quantitative estimate of drug-likeness (QED) is 0.883. The van der Waals surface area contributed by atoms with E-state index in [0.717, 1.165) is 29.8 Å². The molecule has 6 heteroatoms. The highest BCUT2D eigenvalue weighted by atomic mass is 32.1. The Balaban J connectivity index is 1.57. The molecule has 1 aromatic carbocycles. The predicted octanol–water partition coefficient (Wildman–Crippen LogP) is 2.62. The van der Waals surface area contributed by atoms with Crippen LogP contribution in [0.25, 0.3) is 0 Å². The molecule has 0 unspecified atom stereocenters. The van der Waals surface area contributed by atoms with E-state index in [9.17, 15) is 9.59 Å². The van der Waals surface area contributed by atoms with Crippen LogP contribution in [0.2, 0.25) is 0 Å². The highest BCUT2D eigenvalue weighted by Crippen LogP contribution is 2.31. The van der Waals surface area contributed by atoms with E-state index in [1.165, 1.54) is 22.3 Å². The molecule has 0 radical (unpaired) electrons. The number of hydrogen-bond acceptors (Lipinski definition) is 4. The fourth-order valence-electron chi connectivity index (χ4n) is 2.97. The normalized spacial score (nSPS) is 16.6. The third-order valence-electron chi connectivity index (χ3n) is 4.09. The fourth-order valence-corrected chi connectivity index (χ4v) is 3.74. The van der Waals surface area contributed by atoms with E-state index in [2.05, 4.69) is 16.4 Å². The SMILES string of the molecule is O=C(O)c1csc(CCNC(=O)[C@@H]2CCCc3ccccc32)n1. The summed E-state index contributed by atoms with van der Waals surface area (Å²) >= 11 is 1.31. The molecule has 1 aliphatic rings. The topological polar surface area (TPSA) is 79.3 Å². The van der Waals surface area contributed by atoms with Crippen molar-refractivity contribution >= 4 is 23.2 Å². The van der Waals surface area contributed by atoms with E-state index in [1.54, 1.807) is 0 Å². The number of benzene rings is 1. The summed E-state index contributed by atoms with van der Waals surface area (Å²) in [5.74, 6) is -1.05. The molecule has 0 fully saturated rings. The van der Waals surface area contributed by atoms with Crippen LogP contribution in [0.1, 0.15) is 45.4 Å². The number of amides is 1. The van der Waals surface area contributed by atoms with Gasteiger partial charge < -0.3 is 10.4 Å². The Labute approximate surface area is 138 Å². The van der Waals surface area contributed by atoms with Gasteiger partial charge >= 0.3 is 5.97 Å². The summed E-state index contributed by atoms with van der Waals surface area (Å²) in [5, 5.41) is 14.1. The first-order valence-electron chi connectivity index (χ1n) is 7.68. The van der Waals surface area contributed by atoms with E-state index in [1.807, 2.05) is 18.2 Å². The van der Waals surface area contributed by atoms with Crippen molar-refractivity contribution in [2.75, 3.05) is 6.54 Å². The van der Waals surface area contributed by atoms with Gasteiger partial charge in [0.25, 0.3) is 0 Å². The van der Waals surface area contributed by atoms with Crippen LogP contribution in [0.3, 0.4) is 0 Å². The molecule has 0 spiro atoms. The van der Waals surface area contributed by atoms with Crippen LogP contribution >= 0.6 is 11.3 Å². The molecule has 1 aliphatic carbocycles. The highest BCUT2D eigenvalue weighted by molar-refractivity contribution is 7.09. The average Bonchev–Trinajstić information content (AvgIpc) is 3.03. The van der Waals surface area contributed by atoms with Gasteiger partial charge in [0, 0.05) is 18.3 Å². The van der Waals surface area contributed by atoms with Crippen LogP contribution in [-0.2, 0) is 17.6 Å². The van der Waals surface area contributed by atoms with Gasteiger partial charge in [-0.25, -0.2) is 9.78 Å². The molecule has 1 atom stereocenters. The number of aromatic nitrogens is 1. The molecule has 1 heterocycles. The second-order valence-corrected chi connectivity index (χ2v) is 6.56. The van der Waals surface area contributed by atoms with Crippen LogP contribution < -0.4 is 5.32 Å². The fraction of sp³-hybridized carbons (Fsp3) is 0.353. The summed E-state index contributed by atoms with van der Waals surface area (Å²) in [6, 6.07) is 8.13. The minimum atomic E-state index is -1.02. The van der Waals surface area contributed by atoms with Gasteiger partial charge in [0.2, 0.25) is 5.91 Å². The van der Waals surface area contributed by atoms with Crippen LogP contribution in [0.4, 0.5) is 0 Å².